The molecule has 0 bridgehead atoms. The van der Waals surface area contributed by atoms with Crippen molar-refractivity contribution in [3.63, 3.8) is 0 Å². The molecule has 13 nitrogen and oxygen atoms in total. The molecule has 204 valence electrons. The van der Waals surface area contributed by atoms with Crippen LogP contribution >= 0.6 is 0 Å². The number of primary amides is 1. The highest BCUT2D eigenvalue weighted by atomic mass is 16.4. The van der Waals surface area contributed by atoms with Crippen molar-refractivity contribution in [2.45, 2.75) is 43.4 Å². The van der Waals surface area contributed by atoms with Crippen LogP contribution in [-0.2, 0) is 36.8 Å². The summed E-state index contributed by atoms with van der Waals surface area (Å²) in [6.07, 6.45) is -0.779. The maximum Gasteiger partial charge on any atom is 0.326 e. The average molecular weight is 530 g/mol. The van der Waals surface area contributed by atoms with Gasteiger partial charge in [-0.3, -0.25) is 19.2 Å². The molecule has 0 aliphatic rings. The number of carboxylic acids is 1. The number of hydrogen-bond donors (Lipinski definition) is 8. The predicted octanol–water partition coefficient (Wildman–Crippen LogP) is -2.09. The number of carbonyl (C=O) groups is 5. The van der Waals surface area contributed by atoms with Crippen LogP contribution in [0.15, 0.2) is 54.6 Å². The quantitative estimate of drug-likeness (QED) is 0.134. The fourth-order valence-corrected chi connectivity index (χ4v) is 3.44. The van der Waals surface area contributed by atoms with Gasteiger partial charge in [0.25, 0.3) is 0 Å². The van der Waals surface area contributed by atoms with Crippen molar-refractivity contribution in [2.24, 2.45) is 11.5 Å². The highest BCUT2D eigenvalue weighted by Gasteiger charge is 2.31. The normalized spacial score (nSPS) is 13.8. The van der Waals surface area contributed by atoms with Crippen LogP contribution in [0.1, 0.15) is 17.5 Å². The first-order valence-corrected chi connectivity index (χ1v) is 11.6. The molecule has 0 heterocycles. The number of phenols is 1. The van der Waals surface area contributed by atoms with Crippen molar-refractivity contribution in [3.05, 3.63) is 65.7 Å². The molecule has 0 saturated carbocycles. The van der Waals surface area contributed by atoms with E-state index < -0.39 is 66.8 Å². The van der Waals surface area contributed by atoms with E-state index in [0.717, 1.165) is 0 Å². The molecular formula is C25H31N5O8. The Morgan fingerprint density at radius 3 is 1.68 bits per heavy atom. The lowest BCUT2D eigenvalue weighted by molar-refractivity contribution is -0.143. The number of nitrogens with two attached hydrogens (primary N) is 2. The minimum atomic E-state index is -1.64. The van der Waals surface area contributed by atoms with Crippen molar-refractivity contribution in [1.29, 1.82) is 0 Å². The number of nitrogens with one attached hydrogen (secondary N) is 3. The zero-order valence-electron chi connectivity index (χ0n) is 20.4. The second-order valence-corrected chi connectivity index (χ2v) is 8.54. The largest absolute Gasteiger partial charge is 0.508 e. The van der Waals surface area contributed by atoms with Gasteiger partial charge in [0.2, 0.25) is 23.6 Å². The number of carbonyl (C=O) groups excluding carboxylic acids is 4. The van der Waals surface area contributed by atoms with Crippen LogP contribution in [0.4, 0.5) is 0 Å². The predicted molar refractivity (Wildman–Crippen MR) is 134 cm³/mol. The van der Waals surface area contributed by atoms with Gasteiger partial charge in [0, 0.05) is 12.8 Å². The minimum Gasteiger partial charge on any atom is -0.508 e. The first-order valence-electron chi connectivity index (χ1n) is 11.6. The molecule has 4 amide bonds. The maximum atomic E-state index is 13.3. The summed E-state index contributed by atoms with van der Waals surface area (Å²) in [4.78, 5) is 61.5. The van der Waals surface area contributed by atoms with Crippen molar-refractivity contribution in [2.75, 3.05) is 6.61 Å². The van der Waals surface area contributed by atoms with Crippen molar-refractivity contribution < 1.29 is 39.3 Å². The Hall–Kier alpha value is -4.49. The van der Waals surface area contributed by atoms with E-state index >= 15 is 0 Å². The second kappa shape index (κ2) is 14.3. The number of amides is 4. The van der Waals surface area contributed by atoms with Crippen LogP contribution in [-0.4, -0.2) is 75.7 Å². The van der Waals surface area contributed by atoms with Crippen LogP contribution < -0.4 is 27.4 Å². The lowest BCUT2D eigenvalue weighted by atomic mass is 10.0. The lowest BCUT2D eigenvalue weighted by Crippen LogP contribution is -2.58. The fourth-order valence-electron chi connectivity index (χ4n) is 3.44. The Morgan fingerprint density at radius 2 is 1.21 bits per heavy atom. The van der Waals surface area contributed by atoms with E-state index in [2.05, 4.69) is 16.0 Å². The maximum absolute atomic E-state index is 13.3. The Kier molecular flexibility index (Phi) is 11.2. The first-order chi connectivity index (χ1) is 18.0. The number of phenolic OH excluding ortho intramolecular Hbond substituents is 1. The van der Waals surface area contributed by atoms with Gasteiger partial charge in [0.05, 0.1) is 13.0 Å². The molecule has 4 atom stereocenters. The zero-order chi connectivity index (χ0) is 28.2. The van der Waals surface area contributed by atoms with Crippen LogP contribution in [0.3, 0.4) is 0 Å². The van der Waals surface area contributed by atoms with Gasteiger partial charge in [-0.2, -0.15) is 0 Å². The van der Waals surface area contributed by atoms with E-state index in [-0.39, 0.29) is 18.6 Å². The standard InChI is InChI=1S/C25H31N5O8/c26-17(13-31)22(34)28-18(10-14-4-2-1-3-5-14)23(35)29-19(11-15-6-8-16(32)9-7-15)24(36)30-20(25(37)38)12-21(27)33/h1-9,17-20,31-32H,10-13,26H2,(H2,27,33)(H,28,34)(H,29,35)(H,30,36)(H,37,38). The summed E-state index contributed by atoms with van der Waals surface area (Å²) in [5.41, 5.74) is 11.8. The Bertz CT molecular complexity index is 1130. The number of hydrogen-bond acceptors (Lipinski definition) is 8. The Balaban J connectivity index is 2.32. The summed E-state index contributed by atoms with van der Waals surface area (Å²) in [6, 6.07) is 8.94. The number of benzene rings is 2. The van der Waals surface area contributed by atoms with Gasteiger partial charge < -0.3 is 42.7 Å². The highest BCUT2D eigenvalue weighted by Crippen LogP contribution is 2.12. The average Bonchev–Trinajstić information content (AvgIpc) is 2.88. The monoisotopic (exact) mass is 529 g/mol. The number of aliphatic carboxylic acids is 1. The van der Waals surface area contributed by atoms with E-state index in [1.807, 2.05) is 0 Å². The van der Waals surface area contributed by atoms with Crippen molar-refractivity contribution in [1.82, 2.24) is 16.0 Å². The molecule has 13 heteroatoms. The number of rotatable bonds is 14. The second-order valence-electron chi connectivity index (χ2n) is 8.54. The van der Waals surface area contributed by atoms with Gasteiger partial charge in [-0.05, 0) is 23.3 Å². The van der Waals surface area contributed by atoms with Gasteiger partial charge in [0.15, 0.2) is 0 Å². The molecule has 0 fully saturated rings. The molecule has 4 unspecified atom stereocenters. The minimum absolute atomic E-state index is 0.0174. The lowest BCUT2D eigenvalue weighted by Gasteiger charge is -2.25. The third-order valence-corrected chi connectivity index (χ3v) is 5.48. The third-order valence-electron chi connectivity index (χ3n) is 5.48. The topological polar surface area (TPSA) is 234 Å². The molecule has 0 radical (unpaired) electrons. The van der Waals surface area contributed by atoms with Gasteiger partial charge in [-0.1, -0.05) is 42.5 Å². The van der Waals surface area contributed by atoms with E-state index in [1.54, 1.807) is 30.3 Å². The van der Waals surface area contributed by atoms with E-state index in [0.29, 0.717) is 11.1 Å². The van der Waals surface area contributed by atoms with E-state index in [1.165, 1.54) is 24.3 Å². The summed E-state index contributed by atoms with van der Waals surface area (Å²) in [7, 11) is 0. The molecule has 0 aromatic heterocycles. The molecule has 2 aromatic rings. The van der Waals surface area contributed by atoms with Crippen molar-refractivity contribution in [3.8, 4) is 5.75 Å². The summed E-state index contributed by atoms with van der Waals surface area (Å²) in [6.45, 7) is -0.659. The number of aromatic hydroxyl groups is 1. The van der Waals surface area contributed by atoms with Crippen LogP contribution in [0, 0.1) is 0 Å². The smallest absolute Gasteiger partial charge is 0.326 e. The summed E-state index contributed by atoms with van der Waals surface area (Å²) in [5, 5.41) is 35.3. The highest BCUT2D eigenvalue weighted by molar-refractivity contribution is 5.95. The molecular weight excluding hydrogens is 498 g/mol. The fraction of sp³-hybridized carbons (Fsp3) is 0.320. The summed E-state index contributed by atoms with van der Waals surface area (Å²) < 4.78 is 0. The van der Waals surface area contributed by atoms with Gasteiger partial charge in [-0.15, -0.1) is 0 Å². The van der Waals surface area contributed by atoms with Gasteiger partial charge in [0.1, 0.15) is 29.9 Å². The van der Waals surface area contributed by atoms with Crippen molar-refractivity contribution >= 4 is 29.6 Å². The first kappa shape index (κ1) is 29.7. The molecule has 0 spiro atoms. The third kappa shape index (κ3) is 9.52. The van der Waals surface area contributed by atoms with Gasteiger partial charge in [-0.25, -0.2) is 4.79 Å². The molecule has 38 heavy (non-hydrogen) atoms. The summed E-state index contributed by atoms with van der Waals surface area (Å²) in [5.74, 6) is -4.99. The Morgan fingerprint density at radius 1 is 0.737 bits per heavy atom. The van der Waals surface area contributed by atoms with Gasteiger partial charge >= 0.3 is 5.97 Å². The van der Waals surface area contributed by atoms with Crippen LogP contribution in [0.5, 0.6) is 5.75 Å². The Labute approximate surface area is 218 Å². The van der Waals surface area contributed by atoms with Crippen LogP contribution in [0.25, 0.3) is 0 Å². The molecule has 0 aliphatic heterocycles. The van der Waals surface area contributed by atoms with E-state index in [9.17, 15) is 39.3 Å². The van der Waals surface area contributed by atoms with E-state index in [4.69, 9.17) is 11.5 Å². The van der Waals surface area contributed by atoms with Crippen LogP contribution in [0.2, 0.25) is 0 Å². The zero-order valence-corrected chi connectivity index (χ0v) is 20.4. The number of carboxylic acid groups (broad SMARTS) is 1. The molecule has 0 saturated heterocycles. The number of aliphatic hydroxyl groups excluding tert-OH is 1. The SMILES string of the molecule is NC(=O)CC(NC(=O)C(Cc1ccc(O)cc1)NC(=O)C(Cc1ccccc1)NC(=O)C(N)CO)C(=O)O. The molecule has 2 rings (SSSR count). The number of aliphatic hydroxyl groups is 1. The molecule has 10 N–H and O–H groups in total. The molecule has 2 aromatic carbocycles. The summed E-state index contributed by atoms with van der Waals surface area (Å²) >= 11 is 0. The molecule has 0 aliphatic carbocycles.